The molecular formula is C11H12BrF3N2O2. The Kier molecular flexibility index (Phi) is 5.19. The fourth-order valence-electron chi connectivity index (χ4n) is 1.49. The number of nitrogen functional groups attached to an aromatic ring is 1. The van der Waals surface area contributed by atoms with E-state index in [1.807, 2.05) is 0 Å². The number of carbonyl (C=O) groups excluding carboxylic acids is 1. The minimum Gasteiger partial charge on any atom is -0.398 e. The first-order valence-corrected chi connectivity index (χ1v) is 6.06. The van der Waals surface area contributed by atoms with Crippen LogP contribution >= 0.6 is 15.9 Å². The van der Waals surface area contributed by atoms with E-state index >= 15 is 0 Å². The Balaban J connectivity index is 2.99. The molecule has 1 aromatic rings. The highest BCUT2D eigenvalue weighted by atomic mass is 79.9. The maximum Gasteiger partial charge on any atom is 0.406 e. The lowest BCUT2D eigenvalue weighted by molar-refractivity contribution is -0.141. The summed E-state index contributed by atoms with van der Waals surface area (Å²) in [4.78, 5) is 12.5. The van der Waals surface area contributed by atoms with E-state index in [9.17, 15) is 18.0 Å². The van der Waals surface area contributed by atoms with Gasteiger partial charge in [-0.15, -0.1) is 0 Å². The van der Waals surface area contributed by atoms with Crippen LogP contribution in [0.2, 0.25) is 0 Å². The molecule has 1 amide bonds. The van der Waals surface area contributed by atoms with E-state index in [1.165, 1.54) is 18.2 Å². The van der Waals surface area contributed by atoms with Crippen LogP contribution in [0.15, 0.2) is 22.7 Å². The van der Waals surface area contributed by atoms with Gasteiger partial charge >= 0.3 is 6.18 Å². The molecular weight excluding hydrogens is 329 g/mol. The second-order valence-corrected chi connectivity index (χ2v) is 4.71. The van der Waals surface area contributed by atoms with Crippen LogP contribution in [0, 0.1) is 0 Å². The molecule has 8 heteroatoms. The van der Waals surface area contributed by atoms with E-state index in [2.05, 4.69) is 15.9 Å². The van der Waals surface area contributed by atoms with E-state index in [0.717, 1.165) is 0 Å². The standard InChI is InChI=1S/C11H12BrF3N2O2/c12-7-1-2-8(9(16)5-7)10(19)17(3-4-18)6-11(13,14)15/h1-2,5,18H,3-4,6,16H2. The van der Waals surface area contributed by atoms with Gasteiger partial charge in [0.15, 0.2) is 0 Å². The van der Waals surface area contributed by atoms with Gasteiger partial charge in [0, 0.05) is 16.7 Å². The lowest BCUT2D eigenvalue weighted by Gasteiger charge is -2.23. The van der Waals surface area contributed by atoms with Gasteiger partial charge in [0.25, 0.3) is 5.91 Å². The van der Waals surface area contributed by atoms with Crippen LogP contribution in [-0.4, -0.2) is 41.8 Å². The van der Waals surface area contributed by atoms with Crippen LogP contribution in [0.3, 0.4) is 0 Å². The zero-order chi connectivity index (χ0) is 14.6. The summed E-state index contributed by atoms with van der Waals surface area (Å²) in [5.74, 6) is -0.864. The highest BCUT2D eigenvalue weighted by Gasteiger charge is 2.33. The second kappa shape index (κ2) is 6.25. The predicted molar refractivity (Wildman–Crippen MR) is 67.6 cm³/mol. The molecule has 3 N–H and O–H groups in total. The van der Waals surface area contributed by atoms with Crippen molar-refractivity contribution >= 4 is 27.5 Å². The molecule has 19 heavy (non-hydrogen) atoms. The number of aliphatic hydroxyl groups excluding tert-OH is 1. The average Bonchev–Trinajstić information content (AvgIpc) is 2.26. The van der Waals surface area contributed by atoms with Crippen LogP contribution < -0.4 is 5.73 Å². The molecule has 0 spiro atoms. The Morgan fingerprint density at radius 3 is 2.53 bits per heavy atom. The van der Waals surface area contributed by atoms with Crippen molar-refractivity contribution in [3.8, 4) is 0 Å². The number of hydrogen-bond acceptors (Lipinski definition) is 3. The summed E-state index contributed by atoms with van der Waals surface area (Å²) in [5, 5.41) is 8.74. The fourth-order valence-corrected chi connectivity index (χ4v) is 1.87. The number of nitrogens with two attached hydrogens (primary N) is 1. The first-order valence-electron chi connectivity index (χ1n) is 5.26. The third-order valence-electron chi connectivity index (χ3n) is 2.27. The van der Waals surface area contributed by atoms with Gasteiger partial charge in [0.05, 0.1) is 12.2 Å². The largest absolute Gasteiger partial charge is 0.406 e. The predicted octanol–water partition coefficient (Wildman–Crippen LogP) is 2.03. The molecule has 1 aromatic carbocycles. The molecule has 0 radical (unpaired) electrons. The molecule has 0 fully saturated rings. The van der Waals surface area contributed by atoms with Crippen LogP contribution in [0.1, 0.15) is 10.4 Å². The van der Waals surface area contributed by atoms with Gasteiger partial charge in [-0.25, -0.2) is 0 Å². The van der Waals surface area contributed by atoms with E-state index < -0.39 is 31.8 Å². The molecule has 0 aliphatic heterocycles. The minimum absolute atomic E-state index is 0.0269. The molecule has 0 heterocycles. The molecule has 0 unspecified atom stereocenters. The topological polar surface area (TPSA) is 66.6 Å². The molecule has 0 atom stereocenters. The minimum atomic E-state index is -4.53. The van der Waals surface area contributed by atoms with Gasteiger partial charge in [0.1, 0.15) is 6.54 Å². The Morgan fingerprint density at radius 2 is 2.05 bits per heavy atom. The number of anilines is 1. The van der Waals surface area contributed by atoms with Crippen molar-refractivity contribution in [3.63, 3.8) is 0 Å². The molecule has 0 saturated heterocycles. The van der Waals surface area contributed by atoms with Crippen molar-refractivity contribution in [2.45, 2.75) is 6.18 Å². The van der Waals surface area contributed by atoms with Gasteiger partial charge in [0.2, 0.25) is 0 Å². The van der Waals surface area contributed by atoms with E-state index in [-0.39, 0.29) is 11.3 Å². The molecule has 106 valence electrons. The lowest BCUT2D eigenvalue weighted by Crippen LogP contribution is -2.40. The zero-order valence-electron chi connectivity index (χ0n) is 9.75. The Labute approximate surface area is 116 Å². The molecule has 0 bridgehead atoms. The van der Waals surface area contributed by atoms with Crippen LogP contribution in [0.4, 0.5) is 18.9 Å². The SMILES string of the molecule is Nc1cc(Br)ccc1C(=O)N(CCO)CC(F)(F)F. The summed E-state index contributed by atoms with van der Waals surface area (Å²) in [5.41, 5.74) is 5.65. The third kappa shape index (κ3) is 4.71. The first-order chi connectivity index (χ1) is 8.74. The number of alkyl halides is 3. The van der Waals surface area contributed by atoms with Gasteiger partial charge in [-0.3, -0.25) is 4.79 Å². The van der Waals surface area contributed by atoms with Crippen molar-refractivity contribution in [2.75, 3.05) is 25.4 Å². The van der Waals surface area contributed by atoms with E-state index in [0.29, 0.717) is 9.37 Å². The van der Waals surface area contributed by atoms with Crippen molar-refractivity contribution in [1.29, 1.82) is 0 Å². The summed E-state index contributed by atoms with van der Waals surface area (Å²) < 4.78 is 37.7. The monoisotopic (exact) mass is 340 g/mol. The lowest BCUT2D eigenvalue weighted by atomic mass is 10.1. The number of hydrogen-bond donors (Lipinski definition) is 2. The maximum absolute atomic E-state index is 12.4. The summed E-state index contributed by atoms with van der Waals surface area (Å²) in [6.07, 6.45) is -4.53. The molecule has 0 aliphatic carbocycles. The average molecular weight is 341 g/mol. The highest BCUT2D eigenvalue weighted by molar-refractivity contribution is 9.10. The zero-order valence-corrected chi connectivity index (χ0v) is 11.3. The van der Waals surface area contributed by atoms with Crippen LogP contribution in [0.25, 0.3) is 0 Å². The molecule has 1 rings (SSSR count). The Bertz CT molecular complexity index is 466. The molecule has 0 aliphatic rings. The summed E-state index contributed by atoms with van der Waals surface area (Å²) in [7, 11) is 0. The smallest absolute Gasteiger partial charge is 0.398 e. The number of carbonyl (C=O) groups is 1. The van der Waals surface area contributed by atoms with Crippen LogP contribution in [-0.2, 0) is 0 Å². The van der Waals surface area contributed by atoms with Crippen molar-refractivity contribution in [1.82, 2.24) is 4.90 Å². The molecule has 0 saturated carbocycles. The van der Waals surface area contributed by atoms with Gasteiger partial charge in [-0.1, -0.05) is 15.9 Å². The van der Waals surface area contributed by atoms with Gasteiger partial charge in [-0.2, -0.15) is 13.2 Å². The fraction of sp³-hybridized carbons (Fsp3) is 0.364. The molecule has 4 nitrogen and oxygen atoms in total. The van der Waals surface area contributed by atoms with Gasteiger partial charge < -0.3 is 15.7 Å². The number of amides is 1. The Hall–Kier alpha value is -1.28. The number of benzene rings is 1. The Morgan fingerprint density at radius 1 is 1.42 bits per heavy atom. The van der Waals surface area contributed by atoms with Crippen molar-refractivity contribution in [3.05, 3.63) is 28.2 Å². The number of rotatable bonds is 4. The number of aliphatic hydroxyl groups is 1. The van der Waals surface area contributed by atoms with Crippen molar-refractivity contribution < 1.29 is 23.1 Å². The first kappa shape index (κ1) is 15.8. The van der Waals surface area contributed by atoms with E-state index in [1.54, 1.807) is 0 Å². The van der Waals surface area contributed by atoms with Gasteiger partial charge in [-0.05, 0) is 18.2 Å². The number of nitrogens with zero attached hydrogens (tertiary/aromatic N) is 1. The van der Waals surface area contributed by atoms with Crippen LogP contribution in [0.5, 0.6) is 0 Å². The third-order valence-corrected chi connectivity index (χ3v) is 2.76. The second-order valence-electron chi connectivity index (χ2n) is 3.80. The normalized spacial score (nSPS) is 11.4. The summed E-state index contributed by atoms with van der Waals surface area (Å²) in [6.45, 7) is -2.39. The summed E-state index contributed by atoms with van der Waals surface area (Å²) >= 11 is 3.14. The van der Waals surface area contributed by atoms with Crippen molar-refractivity contribution in [2.24, 2.45) is 0 Å². The molecule has 0 aromatic heterocycles. The van der Waals surface area contributed by atoms with E-state index in [4.69, 9.17) is 10.8 Å². The number of halogens is 4. The maximum atomic E-state index is 12.4. The summed E-state index contributed by atoms with van der Waals surface area (Å²) in [6, 6.07) is 4.27. The quantitative estimate of drug-likeness (QED) is 0.824. The highest BCUT2D eigenvalue weighted by Crippen LogP contribution is 2.22.